The number of Topliss-reactive ketones (excluding diaryl/α,β-unsaturated/α-hetero) is 1. The molecule has 0 bridgehead atoms. The smallest absolute Gasteiger partial charge is 0.335 e. The number of benzene rings is 2. The molecular weight excluding hydrogens is 456 g/mol. The van der Waals surface area contributed by atoms with E-state index in [9.17, 15) is 35.1 Å². The Morgan fingerprint density at radius 1 is 1.03 bits per heavy atom. The predicted octanol–water partition coefficient (Wildman–Crippen LogP) is 0.0839. The average molecular weight is 478 g/mol. The van der Waals surface area contributed by atoms with Crippen LogP contribution >= 0.6 is 0 Å². The summed E-state index contributed by atoms with van der Waals surface area (Å²) in [4.78, 5) is 23.9. The van der Waals surface area contributed by atoms with Crippen LogP contribution in [0, 0.1) is 0 Å². The van der Waals surface area contributed by atoms with Crippen LogP contribution in [0.25, 0.3) is 0 Å². The molecule has 2 aromatic rings. The van der Waals surface area contributed by atoms with Crippen molar-refractivity contribution in [1.82, 2.24) is 0 Å². The minimum absolute atomic E-state index is 0.0902. The molecule has 0 aliphatic carbocycles. The lowest BCUT2D eigenvalue weighted by molar-refractivity contribution is -0.271. The van der Waals surface area contributed by atoms with E-state index < -0.39 is 60.1 Å². The van der Waals surface area contributed by atoms with E-state index in [4.69, 9.17) is 24.1 Å². The Morgan fingerprint density at radius 2 is 1.71 bits per heavy atom. The lowest BCUT2D eigenvalue weighted by Gasteiger charge is -2.38. The number of phenolic OH excluding ortho intramolecular Hbond substituents is 2. The number of fused-ring (bicyclic) bond motifs is 1. The number of ketones is 1. The molecule has 0 radical (unpaired) electrons. The fourth-order valence-electron chi connectivity index (χ4n) is 3.88. The molecular formula is C22H22O12. The van der Waals surface area contributed by atoms with Gasteiger partial charge in [-0.05, 0) is 17.7 Å². The molecule has 2 aromatic carbocycles. The first-order valence-corrected chi connectivity index (χ1v) is 10.1. The molecule has 182 valence electrons. The zero-order valence-corrected chi connectivity index (χ0v) is 17.7. The van der Waals surface area contributed by atoms with E-state index in [0.717, 1.165) is 6.07 Å². The first-order valence-electron chi connectivity index (χ1n) is 10.1. The maximum atomic E-state index is 12.6. The number of hydrogen-bond donors (Lipinski definition) is 6. The third-order valence-corrected chi connectivity index (χ3v) is 5.63. The number of carbonyl (C=O) groups excluding carboxylic acids is 1. The molecule has 0 spiro atoms. The van der Waals surface area contributed by atoms with Crippen LogP contribution in [0.5, 0.6) is 28.7 Å². The number of rotatable bonds is 5. The quantitative estimate of drug-likeness (QED) is 0.340. The standard InChI is InChI=1S/C22H22O12/c1-31-18-12(25)6-10(23)14-11(24)7-13(33-19(14)18)8-2-4-9(5-3-8)32-22-17(28)15(26)16(27)20(34-22)21(29)30/h2-6,13,15-17,20,22-23,25-28H,7H2,1H3,(H,29,30)/t13?,15-,16-,17+,20-,22+/m0/s1. The minimum atomic E-state index is -1.84. The van der Waals surface area contributed by atoms with Crippen molar-refractivity contribution in [2.45, 2.75) is 43.2 Å². The third-order valence-electron chi connectivity index (χ3n) is 5.63. The summed E-state index contributed by atoms with van der Waals surface area (Å²) in [7, 11) is 1.28. The molecule has 6 N–H and O–H groups in total. The third kappa shape index (κ3) is 4.07. The van der Waals surface area contributed by atoms with Crippen LogP contribution in [-0.2, 0) is 9.53 Å². The van der Waals surface area contributed by atoms with Gasteiger partial charge in [0.25, 0.3) is 0 Å². The van der Waals surface area contributed by atoms with Gasteiger partial charge in [-0.2, -0.15) is 0 Å². The molecule has 4 rings (SSSR count). The second-order valence-electron chi connectivity index (χ2n) is 7.81. The van der Waals surface area contributed by atoms with Crippen LogP contribution < -0.4 is 14.2 Å². The highest BCUT2D eigenvalue weighted by Gasteiger charge is 2.48. The number of carbonyl (C=O) groups is 2. The van der Waals surface area contributed by atoms with Crippen molar-refractivity contribution in [3.05, 3.63) is 41.5 Å². The van der Waals surface area contributed by atoms with Crippen LogP contribution in [0.2, 0.25) is 0 Å². The second kappa shape index (κ2) is 8.99. The molecule has 1 unspecified atom stereocenters. The number of aliphatic hydroxyl groups is 3. The van der Waals surface area contributed by atoms with Gasteiger partial charge in [0.05, 0.1) is 13.5 Å². The summed E-state index contributed by atoms with van der Waals surface area (Å²) in [6, 6.07) is 6.97. The van der Waals surface area contributed by atoms with Gasteiger partial charge >= 0.3 is 5.97 Å². The molecule has 1 fully saturated rings. The highest BCUT2D eigenvalue weighted by Crippen LogP contribution is 2.49. The predicted molar refractivity (Wildman–Crippen MR) is 110 cm³/mol. The van der Waals surface area contributed by atoms with E-state index in [1.54, 1.807) is 12.1 Å². The van der Waals surface area contributed by atoms with Gasteiger partial charge in [-0.1, -0.05) is 12.1 Å². The van der Waals surface area contributed by atoms with E-state index >= 15 is 0 Å². The summed E-state index contributed by atoms with van der Waals surface area (Å²) in [5.41, 5.74) is 0.434. The fourth-order valence-corrected chi connectivity index (χ4v) is 3.88. The number of carboxylic acid groups (broad SMARTS) is 1. The largest absolute Gasteiger partial charge is 0.507 e. The Kier molecular flexibility index (Phi) is 6.23. The lowest BCUT2D eigenvalue weighted by atomic mass is 9.95. The number of aliphatic carboxylic acids is 1. The maximum Gasteiger partial charge on any atom is 0.335 e. The van der Waals surface area contributed by atoms with Crippen molar-refractivity contribution in [2.75, 3.05) is 7.11 Å². The second-order valence-corrected chi connectivity index (χ2v) is 7.81. The van der Waals surface area contributed by atoms with E-state index in [2.05, 4.69) is 0 Å². The summed E-state index contributed by atoms with van der Waals surface area (Å²) < 4.78 is 21.5. The van der Waals surface area contributed by atoms with Crippen molar-refractivity contribution >= 4 is 11.8 Å². The molecule has 12 heteroatoms. The Hall–Kier alpha value is -3.58. The molecule has 2 heterocycles. The molecule has 1 saturated heterocycles. The number of carboxylic acids is 1. The van der Waals surface area contributed by atoms with Gasteiger partial charge in [0, 0.05) is 6.07 Å². The molecule has 0 amide bonds. The molecule has 12 nitrogen and oxygen atoms in total. The zero-order chi connectivity index (χ0) is 24.7. The summed E-state index contributed by atoms with van der Waals surface area (Å²) >= 11 is 0. The Labute approximate surface area is 192 Å². The first-order chi connectivity index (χ1) is 16.1. The normalized spacial score (nSPS) is 28.5. The van der Waals surface area contributed by atoms with Crippen LogP contribution in [0.4, 0.5) is 0 Å². The van der Waals surface area contributed by atoms with Crippen molar-refractivity contribution in [3.63, 3.8) is 0 Å². The van der Waals surface area contributed by atoms with Crippen molar-refractivity contribution in [1.29, 1.82) is 0 Å². The zero-order valence-electron chi connectivity index (χ0n) is 17.7. The number of aromatic hydroxyl groups is 2. The topological polar surface area (TPSA) is 192 Å². The summed E-state index contributed by atoms with van der Waals surface area (Å²) in [6.45, 7) is 0. The van der Waals surface area contributed by atoms with Gasteiger partial charge in [-0.25, -0.2) is 4.79 Å². The molecule has 2 aliphatic heterocycles. The van der Waals surface area contributed by atoms with Gasteiger partial charge in [0.1, 0.15) is 41.5 Å². The Balaban J connectivity index is 1.53. The highest BCUT2D eigenvalue weighted by atomic mass is 16.7. The number of phenols is 2. The van der Waals surface area contributed by atoms with Gasteiger partial charge in [-0.15, -0.1) is 0 Å². The van der Waals surface area contributed by atoms with Gasteiger partial charge in [-0.3, -0.25) is 4.79 Å². The van der Waals surface area contributed by atoms with Crippen molar-refractivity contribution < 1.29 is 59.2 Å². The number of ether oxygens (including phenoxy) is 4. The average Bonchev–Trinajstić information content (AvgIpc) is 2.79. The van der Waals surface area contributed by atoms with Crippen molar-refractivity contribution in [3.8, 4) is 28.7 Å². The van der Waals surface area contributed by atoms with Gasteiger partial charge in [0.2, 0.25) is 12.0 Å². The molecule has 0 saturated carbocycles. The Morgan fingerprint density at radius 3 is 2.32 bits per heavy atom. The van der Waals surface area contributed by atoms with E-state index in [0.29, 0.717) is 5.56 Å². The summed E-state index contributed by atoms with van der Waals surface area (Å²) in [5.74, 6) is -2.83. The SMILES string of the molecule is COc1c(O)cc(O)c2c1OC(c1ccc(O[C@@H]3O[C@H](C(=O)O)[C@@H](O)[C@H](O)[C@H]3O)cc1)CC2=O. The molecule has 2 aliphatic rings. The first kappa shape index (κ1) is 23.6. The summed E-state index contributed by atoms with van der Waals surface area (Å²) in [5, 5.41) is 58.9. The summed E-state index contributed by atoms with van der Waals surface area (Å²) in [6.07, 6.45) is -9.61. The van der Waals surface area contributed by atoms with Crippen LogP contribution in [0.3, 0.4) is 0 Å². The minimum Gasteiger partial charge on any atom is -0.507 e. The van der Waals surface area contributed by atoms with Crippen LogP contribution in [-0.4, -0.2) is 80.2 Å². The van der Waals surface area contributed by atoms with Crippen molar-refractivity contribution in [2.24, 2.45) is 0 Å². The van der Waals surface area contributed by atoms with Crippen LogP contribution in [0.15, 0.2) is 30.3 Å². The number of methoxy groups -OCH3 is 1. The van der Waals surface area contributed by atoms with Gasteiger partial charge in [0.15, 0.2) is 23.4 Å². The molecule has 0 aromatic heterocycles. The van der Waals surface area contributed by atoms with Crippen LogP contribution in [0.1, 0.15) is 28.4 Å². The van der Waals surface area contributed by atoms with E-state index in [-0.39, 0.29) is 29.2 Å². The maximum absolute atomic E-state index is 12.6. The monoisotopic (exact) mass is 478 g/mol. The highest BCUT2D eigenvalue weighted by molar-refractivity contribution is 6.03. The van der Waals surface area contributed by atoms with Gasteiger partial charge < -0.3 is 49.6 Å². The molecule has 6 atom stereocenters. The van der Waals surface area contributed by atoms with E-state index in [1.807, 2.05) is 0 Å². The Bertz CT molecular complexity index is 1100. The number of aliphatic hydroxyl groups excluding tert-OH is 3. The number of hydrogen-bond acceptors (Lipinski definition) is 11. The fraction of sp³-hybridized carbons (Fsp3) is 0.364. The molecule has 34 heavy (non-hydrogen) atoms. The lowest BCUT2D eigenvalue weighted by Crippen LogP contribution is -2.61. The van der Waals surface area contributed by atoms with E-state index in [1.165, 1.54) is 19.2 Å².